The van der Waals surface area contributed by atoms with Crippen LogP contribution in [0.5, 0.6) is 0 Å². The molecule has 0 N–H and O–H groups in total. The maximum absolute atomic E-state index is 11.5. The van der Waals surface area contributed by atoms with Gasteiger partial charge in [-0.2, -0.15) is 0 Å². The van der Waals surface area contributed by atoms with Crippen molar-refractivity contribution in [2.24, 2.45) is 0 Å². The first-order chi connectivity index (χ1) is 10.2. The average molecular weight is 292 g/mol. The standard InChI is InChI=1S/C17H24O4/c1-3-20-16(18)12-10-15(11-13-17(19)21-4-2)14-8-6-5-7-9-14/h5-9,15H,3-4,10-13H2,1-2H3. The largest absolute Gasteiger partial charge is 0.466 e. The van der Waals surface area contributed by atoms with Gasteiger partial charge in [-0.3, -0.25) is 9.59 Å². The molecule has 0 radical (unpaired) electrons. The third-order valence-corrected chi connectivity index (χ3v) is 3.28. The number of ether oxygens (including phenoxy) is 2. The molecule has 0 amide bonds. The predicted octanol–water partition coefficient (Wildman–Crippen LogP) is 3.46. The van der Waals surface area contributed by atoms with Gasteiger partial charge in [-0.25, -0.2) is 0 Å². The molecule has 21 heavy (non-hydrogen) atoms. The van der Waals surface area contributed by atoms with E-state index in [1.165, 1.54) is 0 Å². The highest BCUT2D eigenvalue weighted by Gasteiger charge is 2.16. The third kappa shape index (κ3) is 6.93. The summed E-state index contributed by atoms with van der Waals surface area (Å²) in [6, 6.07) is 9.95. The Labute approximate surface area is 126 Å². The summed E-state index contributed by atoms with van der Waals surface area (Å²) in [7, 11) is 0. The number of rotatable bonds is 9. The van der Waals surface area contributed by atoms with Crippen LogP contribution >= 0.6 is 0 Å². The van der Waals surface area contributed by atoms with Crippen molar-refractivity contribution in [1.82, 2.24) is 0 Å². The van der Waals surface area contributed by atoms with Crippen LogP contribution in [0.1, 0.15) is 51.0 Å². The van der Waals surface area contributed by atoms with E-state index in [2.05, 4.69) is 0 Å². The van der Waals surface area contributed by atoms with E-state index in [0.29, 0.717) is 38.9 Å². The smallest absolute Gasteiger partial charge is 0.305 e. The van der Waals surface area contributed by atoms with Crippen molar-refractivity contribution < 1.29 is 19.1 Å². The van der Waals surface area contributed by atoms with E-state index in [9.17, 15) is 9.59 Å². The van der Waals surface area contributed by atoms with Gasteiger partial charge in [0, 0.05) is 12.8 Å². The molecule has 1 rings (SSSR count). The molecule has 0 unspecified atom stereocenters. The van der Waals surface area contributed by atoms with Gasteiger partial charge >= 0.3 is 11.9 Å². The summed E-state index contributed by atoms with van der Waals surface area (Å²) in [5.41, 5.74) is 1.14. The monoisotopic (exact) mass is 292 g/mol. The van der Waals surface area contributed by atoms with Gasteiger partial charge in [-0.15, -0.1) is 0 Å². The van der Waals surface area contributed by atoms with Crippen molar-refractivity contribution in [3.8, 4) is 0 Å². The Morgan fingerprint density at radius 2 is 1.38 bits per heavy atom. The summed E-state index contributed by atoms with van der Waals surface area (Å²) in [5, 5.41) is 0. The first-order valence-electron chi connectivity index (χ1n) is 7.53. The molecule has 0 aromatic heterocycles. The zero-order chi connectivity index (χ0) is 15.5. The van der Waals surface area contributed by atoms with Crippen LogP contribution in [0.25, 0.3) is 0 Å². The molecule has 4 heteroatoms. The molecule has 0 aliphatic rings. The van der Waals surface area contributed by atoms with Crippen LogP contribution in [0, 0.1) is 0 Å². The molecule has 0 heterocycles. The van der Waals surface area contributed by atoms with Crippen molar-refractivity contribution in [1.29, 1.82) is 0 Å². The average Bonchev–Trinajstić information content (AvgIpc) is 2.49. The summed E-state index contributed by atoms with van der Waals surface area (Å²) in [6.07, 6.45) is 2.11. The van der Waals surface area contributed by atoms with E-state index in [0.717, 1.165) is 5.56 Å². The lowest BCUT2D eigenvalue weighted by atomic mass is 9.90. The Bertz CT molecular complexity index is 406. The lowest BCUT2D eigenvalue weighted by molar-refractivity contribution is -0.143. The van der Waals surface area contributed by atoms with Gasteiger partial charge < -0.3 is 9.47 Å². The fraction of sp³-hybridized carbons (Fsp3) is 0.529. The second kappa shape index (κ2) is 9.97. The highest BCUT2D eigenvalue weighted by Crippen LogP contribution is 2.26. The third-order valence-electron chi connectivity index (χ3n) is 3.28. The van der Waals surface area contributed by atoms with Crippen LogP contribution in [0.15, 0.2) is 30.3 Å². The van der Waals surface area contributed by atoms with E-state index >= 15 is 0 Å². The van der Waals surface area contributed by atoms with Crippen molar-refractivity contribution in [2.45, 2.75) is 45.4 Å². The molecule has 0 fully saturated rings. The van der Waals surface area contributed by atoms with Gasteiger partial charge in [0.25, 0.3) is 0 Å². The van der Waals surface area contributed by atoms with Gasteiger partial charge in [0.1, 0.15) is 0 Å². The molecule has 1 aromatic rings. The summed E-state index contributed by atoms with van der Waals surface area (Å²) in [5.74, 6) is -0.204. The Balaban J connectivity index is 2.58. The zero-order valence-corrected chi connectivity index (χ0v) is 12.8. The van der Waals surface area contributed by atoms with Gasteiger partial charge in [-0.1, -0.05) is 30.3 Å². The summed E-state index contributed by atoms with van der Waals surface area (Å²) in [4.78, 5) is 23.0. The maximum atomic E-state index is 11.5. The molecule has 0 bridgehead atoms. The van der Waals surface area contributed by atoms with Gasteiger partial charge in [0.2, 0.25) is 0 Å². The SMILES string of the molecule is CCOC(=O)CCC(CCC(=O)OCC)c1ccccc1. The molecule has 0 aliphatic carbocycles. The second-order valence-electron chi connectivity index (χ2n) is 4.79. The molecule has 0 saturated heterocycles. The van der Waals surface area contributed by atoms with Crippen LogP contribution in [-0.2, 0) is 19.1 Å². The highest BCUT2D eigenvalue weighted by molar-refractivity contribution is 5.70. The predicted molar refractivity (Wildman–Crippen MR) is 80.9 cm³/mol. The van der Waals surface area contributed by atoms with Gasteiger partial charge in [-0.05, 0) is 38.2 Å². The maximum Gasteiger partial charge on any atom is 0.305 e. The Morgan fingerprint density at radius 1 is 0.905 bits per heavy atom. The zero-order valence-electron chi connectivity index (χ0n) is 12.8. The van der Waals surface area contributed by atoms with Crippen LogP contribution < -0.4 is 0 Å². The number of hydrogen-bond acceptors (Lipinski definition) is 4. The van der Waals surface area contributed by atoms with Crippen LogP contribution in [0.2, 0.25) is 0 Å². The molecule has 116 valence electrons. The number of carbonyl (C=O) groups is 2. The normalized spacial score (nSPS) is 10.4. The molecule has 0 saturated carbocycles. The van der Waals surface area contributed by atoms with Crippen LogP contribution in [-0.4, -0.2) is 25.2 Å². The Kier molecular flexibility index (Phi) is 8.17. The first-order valence-corrected chi connectivity index (χ1v) is 7.53. The lowest BCUT2D eigenvalue weighted by Gasteiger charge is -2.16. The lowest BCUT2D eigenvalue weighted by Crippen LogP contribution is -2.10. The second-order valence-corrected chi connectivity index (χ2v) is 4.79. The number of esters is 2. The van der Waals surface area contributed by atoms with E-state index in [1.54, 1.807) is 13.8 Å². The fourth-order valence-electron chi connectivity index (χ4n) is 2.25. The summed E-state index contributed by atoms with van der Waals surface area (Å²) < 4.78 is 9.92. The molecule has 0 aliphatic heterocycles. The van der Waals surface area contributed by atoms with Crippen molar-refractivity contribution in [3.05, 3.63) is 35.9 Å². The minimum absolute atomic E-state index is 0.167. The molecule has 0 spiro atoms. The topological polar surface area (TPSA) is 52.6 Å². The minimum Gasteiger partial charge on any atom is -0.466 e. The van der Waals surface area contributed by atoms with Crippen LogP contribution in [0.4, 0.5) is 0 Å². The quantitative estimate of drug-likeness (QED) is 0.654. The minimum atomic E-state index is -0.186. The Hall–Kier alpha value is -1.84. The van der Waals surface area contributed by atoms with E-state index in [4.69, 9.17) is 9.47 Å². The number of hydrogen-bond donors (Lipinski definition) is 0. The van der Waals surface area contributed by atoms with E-state index < -0.39 is 0 Å². The number of carbonyl (C=O) groups excluding carboxylic acids is 2. The van der Waals surface area contributed by atoms with Crippen molar-refractivity contribution >= 4 is 11.9 Å². The fourth-order valence-corrected chi connectivity index (χ4v) is 2.25. The molecule has 4 nitrogen and oxygen atoms in total. The van der Waals surface area contributed by atoms with Crippen molar-refractivity contribution in [2.75, 3.05) is 13.2 Å². The highest BCUT2D eigenvalue weighted by atomic mass is 16.5. The van der Waals surface area contributed by atoms with Crippen molar-refractivity contribution in [3.63, 3.8) is 0 Å². The molecular weight excluding hydrogens is 268 g/mol. The summed E-state index contributed by atoms with van der Waals surface area (Å²) >= 11 is 0. The first kappa shape index (κ1) is 17.2. The molecular formula is C17H24O4. The van der Waals surface area contributed by atoms with Gasteiger partial charge in [0.15, 0.2) is 0 Å². The summed E-state index contributed by atoms with van der Waals surface area (Å²) in [6.45, 7) is 4.40. The number of benzene rings is 1. The van der Waals surface area contributed by atoms with E-state index in [1.807, 2.05) is 30.3 Å². The Morgan fingerprint density at radius 3 is 1.81 bits per heavy atom. The van der Waals surface area contributed by atoms with Gasteiger partial charge in [0.05, 0.1) is 13.2 Å². The molecule has 1 aromatic carbocycles. The van der Waals surface area contributed by atoms with E-state index in [-0.39, 0.29) is 17.9 Å². The van der Waals surface area contributed by atoms with Crippen LogP contribution in [0.3, 0.4) is 0 Å². The molecule has 0 atom stereocenters.